The minimum atomic E-state index is 1.18. The maximum Gasteiger partial charge on any atom is -0.00704 e. The molecule has 0 N–H and O–H groups in total. The van der Waals surface area contributed by atoms with Crippen molar-refractivity contribution in [2.45, 2.75) is 162 Å². The number of benzene rings is 3. The van der Waals surface area contributed by atoms with Gasteiger partial charge in [0.25, 0.3) is 0 Å². The quantitative estimate of drug-likeness (QED) is 0.0924. The van der Waals surface area contributed by atoms with Crippen molar-refractivity contribution in [1.82, 2.24) is 0 Å². The average Bonchev–Trinajstić information content (AvgIpc) is 3.04. The SMILES string of the molecule is CCCCCCCCCc1cccc(-c2ccccc2CCCCCCCC)c1-c1ccccc1CCCCCCCC. The molecule has 3 aromatic carbocycles. The average molecular weight is 581 g/mol. The first-order chi connectivity index (χ1) is 21.3. The normalized spacial score (nSPS) is 11.3. The molecule has 0 saturated heterocycles. The Morgan fingerprint density at radius 1 is 0.302 bits per heavy atom. The third-order valence-corrected chi connectivity index (χ3v) is 9.39. The van der Waals surface area contributed by atoms with Gasteiger partial charge in [0.05, 0.1) is 0 Å². The lowest BCUT2D eigenvalue weighted by molar-refractivity contribution is 0.589. The molecule has 0 radical (unpaired) electrons. The number of hydrogen-bond acceptors (Lipinski definition) is 0. The molecule has 0 unspecified atom stereocenters. The third-order valence-electron chi connectivity index (χ3n) is 9.39. The molecular weight excluding hydrogens is 516 g/mol. The van der Waals surface area contributed by atoms with Gasteiger partial charge in [-0.3, -0.25) is 0 Å². The summed E-state index contributed by atoms with van der Waals surface area (Å²) >= 11 is 0. The summed E-state index contributed by atoms with van der Waals surface area (Å²) in [7, 11) is 0. The summed E-state index contributed by atoms with van der Waals surface area (Å²) in [4.78, 5) is 0. The molecule has 0 aromatic heterocycles. The fraction of sp³-hybridized carbons (Fsp3) is 0.581. The van der Waals surface area contributed by atoms with Gasteiger partial charge >= 0.3 is 0 Å². The standard InChI is InChI=1S/C43H64/c1-4-7-10-13-16-19-22-32-39-33-27-36-42(40-34-25-23-30-37(40)28-20-17-14-11-8-5-2)43(39)41-35-26-24-31-38(41)29-21-18-15-12-9-6-3/h23-27,30-31,33-36H,4-22,28-29,32H2,1-3H3. The molecule has 0 heterocycles. The molecule has 0 fully saturated rings. The number of aryl methyl sites for hydroxylation is 3. The van der Waals surface area contributed by atoms with E-state index in [9.17, 15) is 0 Å². The summed E-state index contributed by atoms with van der Waals surface area (Å²) in [6.45, 7) is 6.93. The van der Waals surface area contributed by atoms with Gasteiger partial charge in [-0.2, -0.15) is 0 Å². The molecular formula is C43H64. The van der Waals surface area contributed by atoms with Crippen molar-refractivity contribution in [3.8, 4) is 22.3 Å². The molecule has 0 atom stereocenters. The summed E-state index contributed by atoms with van der Waals surface area (Å²) < 4.78 is 0. The molecule has 0 amide bonds. The third kappa shape index (κ3) is 12.7. The van der Waals surface area contributed by atoms with E-state index in [1.807, 2.05) is 0 Å². The van der Waals surface area contributed by atoms with Crippen molar-refractivity contribution in [1.29, 1.82) is 0 Å². The van der Waals surface area contributed by atoms with E-state index in [4.69, 9.17) is 0 Å². The zero-order valence-corrected chi connectivity index (χ0v) is 28.4. The molecule has 0 bridgehead atoms. The van der Waals surface area contributed by atoms with Gasteiger partial charge in [0.2, 0.25) is 0 Å². The van der Waals surface area contributed by atoms with Crippen LogP contribution < -0.4 is 0 Å². The van der Waals surface area contributed by atoms with E-state index in [1.54, 1.807) is 11.1 Å². The highest BCUT2D eigenvalue weighted by Crippen LogP contribution is 2.39. The first-order valence-electron chi connectivity index (χ1n) is 18.6. The predicted octanol–water partition coefficient (Wildman–Crippen LogP) is 14.1. The Morgan fingerprint density at radius 3 is 1.16 bits per heavy atom. The van der Waals surface area contributed by atoms with E-state index >= 15 is 0 Å². The summed E-state index contributed by atoms with van der Waals surface area (Å²) in [5.41, 5.74) is 10.5. The number of rotatable bonds is 24. The van der Waals surface area contributed by atoms with Gasteiger partial charge in [-0.05, 0) is 77.5 Å². The minimum absolute atomic E-state index is 1.18. The van der Waals surface area contributed by atoms with Crippen LogP contribution in [0.25, 0.3) is 22.3 Å². The highest BCUT2D eigenvalue weighted by atomic mass is 14.2. The lowest BCUT2D eigenvalue weighted by atomic mass is 9.83. The van der Waals surface area contributed by atoms with E-state index in [0.29, 0.717) is 0 Å². The molecule has 0 heteroatoms. The Hall–Kier alpha value is -2.34. The lowest BCUT2D eigenvalue weighted by Gasteiger charge is -2.20. The van der Waals surface area contributed by atoms with Crippen LogP contribution in [0, 0.1) is 0 Å². The van der Waals surface area contributed by atoms with Gasteiger partial charge in [0.15, 0.2) is 0 Å². The summed E-state index contributed by atoms with van der Waals surface area (Å²) in [6, 6.07) is 25.9. The molecule has 43 heavy (non-hydrogen) atoms. The zero-order chi connectivity index (χ0) is 30.4. The Morgan fingerprint density at radius 2 is 0.651 bits per heavy atom. The van der Waals surface area contributed by atoms with E-state index in [-0.39, 0.29) is 0 Å². The largest absolute Gasteiger partial charge is 0.0654 e. The molecule has 3 rings (SSSR count). The van der Waals surface area contributed by atoms with Crippen molar-refractivity contribution in [2.24, 2.45) is 0 Å². The molecule has 3 aromatic rings. The second-order valence-corrected chi connectivity index (χ2v) is 13.1. The molecule has 236 valence electrons. The van der Waals surface area contributed by atoms with Gasteiger partial charge in [-0.1, -0.05) is 190 Å². The summed E-state index contributed by atoms with van der Waals surface area (Å²) in [5.74, 6) is 0. The van der Waals surface area contributed by atoms with Crippen molar-refractivity contribution in [3.63, 3.8) is 0 Å². The van der Waals surface area contributed by atoms with Gasteiger partial charge in [0.1, 0.15) is 0 Å². The maximum absolute atomic E-state index is 2.44. The first kappa shape index (κ1) is 35.1. The van der Waals surface area contributed by atoms with Crippen LogP contribution in [-0.2, 0) is 19.3 Å². The number of hydrogen-bond donors (Lipinski definition) is 0. The molecule has 0 aliphatic rings. The van der Waals surface area contributed by atoms with Crippen LogP contribution in [-0.4, -0.2) is 0 Å². The smallest absolute Gasteiger partial charge is 0.00704 e. The molecule has 0 nitrogen and oxygen atoms in total. The van der Waals surface area contributed by atoms with Gasteiger partial charge in [-0.15, -0.1) is 0 Å². The van der Waals surface area contributed by atoms with E-state index < -0.39 is 0 Å². The molecule has 0 spiro atoms. The second-order valence-electron chi connectivity index (χ2n) is 13.1. The van der Waals surface area contributed by atoms with Crippen LogP contribution >= 0.6 is 0 Å². The van der Waals surface area contributed by atoms with E-state index in [1.165, 1.54) is 169 Å². The predicted molar refractivity (Wildman–Crippen MR) is 193 cm³/mol. The van der Waals surface area contributed by atoms with Crippen LogP contribution in [0.5, 0.6) is 0 Å². The Kier molecular flexibility index (Phi) is 18.2. The maximum atomic E-state index is 2.44. The summed E-state index contributed by atoms with van der Waals surface area (Å²) in [5, 5.41) is 0. The van der Waals surface area contributed by atoms with Gasteiger partial charge < -0.3 is 0 Å². The van der Waals surface area contributed by atoms with Crippen molar-refractivity contribution in [2.75, 3.05) is 0 Å². The van der Waals surface area contributed by atoms with Crippen LogP contribution in [0.1, 0.15) is 159 Å². The fourth-order valence-electron chi connectivity index (χ4n) is 6.80. The van der Waals surface area contributed by atoms with Crippen LogP contribution in [0.4, 0.5) is 0 Å². The van der Waals surface area contributed by atoms with E-state index in [2.05, 4.69) is 87.5 Å². The molecule has 0 saturated carbocycles. The Bertz CT molecular complexity index is 1120. The van der Waals surface area contributed by atoms with Crippen LogP contribution in [0.2, 0.25) is 0 Å². The van der Waals surface area contributed by atoms with Crippen molar-refractivity contribution in [3.05, 3.63) is 83.4 Å². The van der Waals surface area contributed by atoms with Gasteiger partial charge in [-0.25, -0.2) is 0 Å². The van der Waals surface area contributed by atoms with Crippen LogP contribution in [0.15, 0.2) is 66.7 Å². The van der Waals surface area contributed by atoms with E-state index in [0.717, 1.165) is 0 Å². The minimum Gasteiger partial charge on any atom is -0.0654 e. The zero-order valence-electron chi connectivity index (χ0n) is 28.4. The number of unbranched alkanes of at least 4 members (excludes halogenated alkanes) is 16. The highest BCUT2D eigenvalue weighted by Gasteiger charge is 2.17. The fourth-order valence-corrected chi connectivity index (χ4v) is 6.80. The second kappa shape index (κ2) is 22.2. The Balaban J connectivity index is 1.87. The van der Waals surface area contributed by atoms with Crippen LogP contribution in [0.3, 0.4) is 0 Å². The summed E-state index contributed by atoms with van der Waals surface area (Å²) in [6.07, 6.45) is 29.3. The highest BCUT2D eigenvalue weighted by molar-refractivity contribution is 5.88. The van der Waals surface area contributed by atoms with Crippen molar-refractivity contribution < 1.29 is 0 Å². The monoisotopic (exact) mass is 581 g/mol. The van der Waals surface area contributed by atoms with Crippen molar-refractivity contribution >= 4 is 0 Å². The Labute approximate surface area is 267 Å². The molecule has 0 aliphatic carbocycles. The van der Waals surface area contributed by atoms with Gasteiger partial charge in [0, 0.05) is 0 Å². The molecule has 0 aliphatic heterocycles. The topological polar surface area (TPSA) is 0 Å². The lowest BCUT2D eigenvalue weighted by Crippen LogP contribution is -2.00. The first-order valence-corrected chi connectivity index (χ1v) is 18.6.